The summed E-state index contributed by atoms with van der Waals surface area (Å²) >= 11 is 0. The van der Waals surface area contributed by atoms with Crippen molar-refractivity contribution in [2.24, 2.45) is 16.5 Å². The molecule has 0 aliphatic carbocycles. The normalized spacial score (nSPS) is 33.6. The molecule has 5 N–H and O–H groups in total. The summed E-state index contributed by atoms with van der Waals surface area (Å²) in [7, 11) is 0. The molecule has 0 saturated heterocycles. The van der Waals surface area contributed by atoms with Crippen LogP contribution < -0.4 is 16.8 Å². The Morgan fingerprint density at radius 3 is 3.00 bits per heavy atom. The molecule has 2 atom stereocenters. The molecule has 0 aromatic carbocycles. The predicted octanol–water partition coefficient (Wildman–Crippen LogP) is -1.34. The van der Waals surface area contributed by atoms with Gasteiger partial charge in [0.05, 0.1) is 12.6 Å². The van der Waals surface area contributed by atoms with Gasteiger partial charge in [0.25, 0.3) is 0 Å². The molecule has 1 unspecified atom stereocenters. The van der Waals surface area contributed by atoms with Crippen molar-refractivity contribution in [1.29, 1.82) is 0 Å². The highest BCUT2D eigenvalue weighted by atomic mass is 15.1. The Morgan fingerprint density at radius 2 is 2.50 bits per heavy atom. The molecule has 0 amide bonds. The van der Waals surface area contributed by atoms with Crippen LogP contribution in [0.4, 0.5) is 0 Å². The Hall–Kier alpha value is -0.610. The first-order valence-corrected chi connectivity index (χ1v) is 3.49. The van der Waals surface area contributed by atoms with Crippen molar-refractivity contribution in [3.05, 3.63) is 0 Å². The molecule has 4 heteroatoms. The molecular weight excluding hydrogens is 128 g/mol. The van der Waals surface area contributed by atoms with E-state index in [0.29, 0.717) is 25.0 Å². The van der Waals surface area contributed by atoms with Crippen LogP contribution in [0.1, 0.15) is 6.92 Å². The number of rotatable bonds is 1. The van der Waals surface area contributed by atoms with Crippen LogP contribution >= 0.6 is 0 Å². The SMILES string of the molecule is C[C@@H]1N=C(N)CNC1CN. The van der Waals surface area contributed by atoms with Crippen LogP contribution in [0.3, 0.4) is 0 Å². The maximum Gasteiger partial charge on any atom is 0.108 e. The third-order valence-electron chi connectivity index (χ3n) is 1.75. The van der Waals surface area contributed by atoms with Gasteiger partial charge in [0, 0.05) is 12.6 Å². The summed E-state index contributed by atoms with van der Waals surface area (Å²) in [6, 6.07) is 0.519. The quantitative estimate of drug-likeness (QED) is 0.424. The van der Waals surface area contributed by atoms with E-state index in [0.717, 1.165) is 0 Å². The molecule has 58 valence electrons. The molecule has 1 aliphatic heterocycles. The van der Waals surface area contributed by atoms with Crippen LogP contribution in [0, 0.1) is 0 Å². The van der Waals surface area contributed by atoms with E-state index >= 15 is 0 Å². The fraction of sp³-hybridized carbons (Fsp3) is 0.833. The van der Waals surface area contributed by atoms with E-state index in [1.807, 2.05) is 6.92 Å². The first-order valence-electron chi connectivity index (χ1n) is 3.49. The molecule has 0 bridgehead atoms. The Labute approximate surface area is 60.7 Å². The lowest BCUT2D eigenvalue weighted by atomic mass is 10.1. The van der Waals surface area contributed by atoms with Gasteiger partial charge in [0.2, 0.25) is 0 Å². The largest absolute Gasteiger partial charge is 0.386 e. The minimum Gasteiger partial charge on any atom is -0.386 e. The molecule has 0 radical (unpaired) electrons. The van der Waals surface area contributed by atoms with Crippen molar-refractivity contribution < 1.29 is 0 Å². The first kappa shape index (κ1) is 7.50. The maximum atomic E-state index is 5.49. The molecule has 1 aliphatic rings. The number of hydrogen-bond acceptors (Lipinski definition) is 4. The van der Waals surface area contributed by atoms with Crippen LogP contribution in [-0.2, 0) is 0 Å². The molecule has 10 heavy (non-hydrogen) atoms. The van der Waals surface area contributed by atoms with Gasteiger partial charge in [-0.2, -0.15) is 0 Å². The number of nitrogens with two attached hydrogens (primary N) is 2. The molecule has 0 aromatic heterocycles. The van der Waals surface area contributed by atoms with Gasteiger partial charge in [-0.15, -0.1) is 0 Å². The van der Waals surface area contributed by atoms with E-state index in [-0.39, 0.29) is 6.04 Å². The Kier molecular flexibility index (Phi) is 2.24. The maximum absolute atomic E-state index is 5.49. The average Bonchev–Trinajstić information content (AvgIpc) is 1.88. The third kappa shape index (κ3) is 1.46. The summed E-state index contributed by atoms with van der Waals surface area (Å²) in [5, 5.41) is 3.19. The van der Waals surface area contributed by atoms with Gasteiger partial charge in [-0.05, 0) is 6.92 Å². The van der Waals surface area contributed by atoms with E-state index in [9.17, 15) is 0 Å². The zero-order chi connectivity index (χ0) is 7.56. The average molecular weight is 142 g/mol. The van der Waals surface area contributed by atoms with E-state index in [1.165, 1.54) is 0 Å². The van der Waals surface area contributed by atoms with Crippen LogP contribution in [-0.4, -0.2) is 31.0 Å². The van der Waals surface area contributed by atoms with E-state index < -0.39 is 0 Å². The number of hydrogen-bond donors (Lipinski definition) is 3. The number of nitrogens with zero attached hydrogens (tertiary/aromatic N) is 1. The van der Waals surface area contributed by atoms with Crippen LogP contribution in [0.15, 0.2) is 4.99 Å². The summed E-state index contributed by atoms with van der Waals surface area (Å²) < 4.78 is 0. The smallest absolute Gasteiger partial charge is 0.108 e. The fourth-order valence-corrected chi connectivity index (χ4v) is 1.08. The molecule has 0 fully saturated rings. The first-order chi connectivity index (χ1) is 4.74. The van der Waals surface area contributed by atoms with Gasteiger partial charge in [-0.3, -0.25) is 4.99 Å². The Morgan fingerprint density at radius 1 is 1.80 bits per heavy atom. The second-order valence-corrected chi connectivity index (χ2v) is 2.58. The van der Waals surface area contributed by atoms with Crippen molar-refractivity contribution in [3.63, 3.8) is 0 Å². The molecule has 0 aromatic rings. The predicted molar refractivity (Wildman–Crippen MR) is 41.9 cm³/mol. The monoisotopic (exact) mass is 142 g/mol. The third-order valence-corrected chi connectivity index (χ3v) is 1.75. The lowest BCUT2D eigenvalue weighted by molar-refractivity contribution is 0.461. The fourth-order valence-electron chi connectivity index (χ4n) is 1.08. The lowest BCUT2D eigenvalue weighted by Gasteiger charge is -2.25. The second-order valence-electron chi connectivity index (χ2n) is 2.58. The number of amidine groups is 1. The molecule has 4 nitrogen and oxygen atoms in total. The molecule has 0 saturated carbocycles. The van der Waals surface area contributed by atoms with Crippen molar-refractivity contribution in [2.75, 3.05) is 13.1 Å². The number of aliphatic imine (C=N–C) groups is 1. The highest BCUT2D eigenvalue weighted by Crippen LogP contribution is 2.00. The highest BCUT2D eigenvalue weighted by Gasteiger charge is 2.18. The van der Waals surface area contributed by atoms with Crippen molar-refractivity contribution >= 4 is 5.84 Å². The zero-order valence-corrected chi connectivity index (χ0v) is 6.17. The van der Waals surface area contributed by atoms with Crippen LogP contribution in [0.5, 0.6) is 0 Å². The topological polar surface area (TPSA) is 76.4 Å². The zero-order valence-electron chi connectivity index (χ0n) is 6.17. The number of nitrogens with one attached hydrogen (secondary N) is 1. The lowest BCUT2D eigenvalue weighted by Crippen LogP contribution is -2.51. The van der Waals surface area contributed by atoms with Gasteiger partial charge < -0.3 is 16.8 Å². The minimum absolute atomic E-state index is 0.221. The standard InChI is InChI=1S/C6H14N4/c1-4-5(2-7)9-3-6(8)10-4/h4-5,9H,2-3,7H2,1H3,(H2,8,10)/t4-,5?/m0/s1. The second kappa shape index (κ2) is 2.98. The van der Waals surface area contributed by atoms with Crippen LogP contribution in [0.25, 0.3) is 0 Å². The van der Waals surface area contributed by atoms with Gasteiger partial charge >= 0.3 is 0 Å². The van der Waals surface area contributed by atoms with Crippen molar-refractivity contribution in [3.8, 4) is 0 Å². The summed E-state index contributed by atoms with van der Waals surface area (Å²) in [5.74, 6) is 0.678. The van der Waals surface area contributed by atoms with Gasteiger partial charge in [-0.25, -0.2) is 0 Å². The molecule has 1 rings (SSSR count). The summed E-state index contributed by atoms with van der Waals surface area (Å²) in [4.78, 5) is 4.19. The molecule has 1 heterocycles. The summed E-state index contributed by atoms with van der Waals surface area (Å²) in [6.45, 7) is 3.31. The van der Waals surface area contributed by atoms with Gasteiger partial charge in [0.15, 0.2) is 0 Å². The summed E-state index contributed by atoms with van der Waals surface area (Å²) in [6.07, 6.45) is 0. The van der Waals surface area contributed by atoms with Crippen molar-refractivity contribution in [2.45, 2.75) is 19.0 Å². The molecule has 0 spiro atoms. The highest BCUT2D eigenvalue weighted by molar-refractivity contribution is 5.83. The van der Waals surface area contributed by atoms with Crippen LogP contribution in [0.2, 0.25) is 0 Å². The van der Waals surface area contributed by atoms with E-state index in [4.69, 9.17) is 11.5 Å². The Bertz CT molecular complexity index is 143. The van der Waals surface area contributed by atoms with E-state index in [2.05, 4.69) is 10.3 Å². The van der Waals surface area contributed by atoms with Gasteiger partial charge in [-0.1, -0.05) is 0 Å². The van der Waals surface area contributed by atoms with E-state index in [1.54, 1.807) is 0 Å². The minimum atomic E-state index is 0.221. The van der Waals surface area contributed by atoms with Crippen molar-refractivity contribution in [1.82, 2.24) is 5.32 Å². The summed E-state index contributed by atoms with van der Waals surface area (Å²) in [5.41, 5.74) is 11.0. The molecular formula is C6H14N4. The van der Waals surface area contributed by atoms with Gasteiger partial charge in [0.1, 0.15) is 5.84 Å². The Balaban J connectivity index is 2.55.